The van der Waals surface area contributed by atoms with E-state index in [2.05, 4.69) is 15.5 Å². The van der Waals surface area contributed by atoms with Gasteiger partial charge in [0.05, 0.1) is 11.4 Å². The molecule has 3 N–H and O–H groups in total. The van der Waals surface area contributed by atoms with E-state index in [1.165, 1.54) is 6.92 Å². The van der Waals surface area contributed by atoms with Crippen molar-refractivity contribution in [3.8, 4) is 0 Å². The molecule has 2 aromatic rings. The van der Waals surface area contributed by atoms with Gasteiger partial charge in [0, 0.05) is 18.3 Å². The van der Waals surface area contributed by atoms with Crippen LogP contribution in [0.2, 0.25) is 0 Å². The predicted octanol–water partition coefficient (Wildman–Crippen LogP) is 3.64. The van der Waals surface area contributed by atoms with Crippen LogP contribution in [0.15, 0.2) is 58.8 Å². The van der Waals surface area contributed by atoms with E-state index in [1.54, 1.807) is 48.5 Å². The standard InChI is InChI=1S/C14H14N4O/c1-10(19)16-12-6-8-14(9-7-12)18-17-13-4-2-11(15)3-5-13/h2-9H,15H2,1H3,(H,16,19)/b18-17+. The summed E-state index contributed by atoms with van der Waals surface area (Å²) in [6.45, 7) is 1.47. The zero-order valence-corrected chi connectivity index (χ0v) is 10.5. The minimum absolute atomic E-state index is 0.101. The number of anilines is 2. The van der Waals surface area contributed by atoms with Crippen molar-refractivity contribution in [3.63, 3.8) is 0 Å². The lowest BCUT2D eigenvalue weighted by atomic mass is 10.3. The summed E-state index contributed by atoms with van der Waals surface area (Å²) in [6, 6.07) is 14.3. The van der Waals surface area contributed by atoms with Crippen LogP contribution in [0.5, 0.6) is 0 Å². The average molecular weight is 254 g/mol. The molecule has 0 saturated heterocycles. The molecule has 0 saturated carbocycles. The third kappa shape index (κ3) is 3.92. The Balaban J connectivity index is 2.06. The summed E-state index contributed by atoms with van der Waals surface area (Å²) in [4.78, 5) is 10.9. The van der Waals surface area contributed by atoms with Crippen LogP contribution < -0.4 is 11.1 Å². The Labute approximate surface area is 111 Å². The molecule has 0 unspecified atom stereocenters. The van der Waals surface area contributed by atoms with Gasteiger partial charge < -0.3 is 11.1 Å². The molecule has 0 aromatic heterocycles. The number of nitrogens with zero attached hydrogens (tertiary/aromatic N) is 2. The van der Waals surface area contributed by atoms with Gasteiger partial charge in [-0.3, -0.25) is 4.79 Å². The molecule has 5 nitrogen and oxygen atoms in total. The number of nitrogens with one attached hydrogen (secondary N) is 1. The number of benzene rings is 2. The third-order valence-corrected chi connectivity index (χ3v) is 2.36. The lowest BCUT2D eigenvalue weighted by molar-refractivity contribution is -0.114. The smallest absolute Gasteiger partial charge is 0.221 e. The molecule has 0 heterocycles. The van der Waals surface area contributed by atoms with Gasteiger partial charge in [0.25, 0.3) is 0 Å². The van der Waals surface area contributed by atoms with Crippen molar-refractivity contribution in [1.29, 1.82) is 0 Å². The van der Waals surface area contributed by atoms with E-state index in [4.69, 9.17) is 5.73 Å². The Morgan fingerprint density at radius 2 is 1.42 bits per heavy atom. The van der Waals surface area contributed by atoms with Crippen molar-refractivity contribution in [2.75, 3.05) is 11.1 Å². The van der Waals surface area contributed by atoms with Gasteiger partial charge in [-0.1, -0.05) is 0 Å². The van der Waals surface area contributed by atoms with Crippen molar-refractivity contribution in [2.45, 2.75) is 6.92 Å². The second-order valence-corrected chi connectivity index (χ2v) is 4.02. The maximum Gasteiger partial charge on any atom is 0.221 e. The molecule has 0 spiro atoms. The van der Waals surface area contributed by atoms with Crippen molar-refractivity contribution in [2.24, 2.45) is 10.2 Å². The Kier molecular flexibility index (Phi) is 3.87. The molecule has 0 bridgehead atoms. The molecule has 0 aliphatic carbocycles. The van der Waals surface area contributed by atoms with Gasteiger partial charge in [0.15, 0.2) is 0 Å². The summed E-state index contributed by atoms with van der Waals surface area (Å²) in [5.74, 6) is -0.101. The molecule has 2 rings (SSSR count). The second-order valence-electron chi connectivity index (χ2n) is 4.02. The van der Waals surface area contributed by atoms with Crippen LogP contribution in [-0.4, -0.2) is 5.91 Å². The summed E-state index contributed by atoms with van der Waals surface area (Å²) < 4.78 is 0. The van der Waals surface area contributed by atoms with E-state index >= 15 is 0 Å². The molecule has 19 heavy (non-hydrogen) atoms. The quantitative estimate of drug-likeness (QED) is 0.647. The summed E-state index contributed by atoms with van der Waals surface area (Å²) in [5, 5.41) is 10.9. The van der Waals surface area contributed by atoms with Gasteiger partial charge in [-0.25, -0.2) is 0 Å². The van der Waals surface area contributed by atoms with Crippen LogP contribution in [0.4, 0.5) is 22.7 Å². The fourth-order valence-corrected chi connectivity index (χ4v) is 1.47. The Bertz CT molecular complexity index is 588. The molecule has 0 atom stereocenters. The Hall–Kier alpha value is -2.69. The van der Waals surface area contributed by atoms with Crippen molar-refractivity contribution >= 4 is 28.7 Å². The third-order valence-electron chi connectivity index (χ3n) is 2.36. The number of nitrogens with two attached hydrogens (primary N) is 1. The SMILES string of the molecule is CC(=O)Nc1ccc(/N=N/c2ccc(N)cc2)cc1. The molecule has 0 aliphatic heterocycles. The van der Waals surface area contributed by atoms with E-state index < -0.39 is 0 Å². The minimum Gasteiger partial charge on any atom is -0.399 e. The monoisotopic (exact) mass is 254 g/mol. The number of hydrogen-bond acceptors (Lipinski definition) is 4. The first-order valence-electron chi connectivity index (χ1n) is 5.78. The Morgan fingerprint density at radius 1 is 0.947 bits per heavy atom. The molecule has 1 amide bonds. The molecule has 96 valence electrons. The van der Waals surface area contributed by atoms with Crippen molar-refractivity contribution in [1.82, 2.24) is 0 Å². The number of carbonyl (C=O) groups excluding carboxylic acids is 1. The van der Waals surface area contributed by atoms with Crippen LogP contribution >= 0.6 is 0 Å². The van der Waals surface area contributed by atoms with Gasteiger partial charge in [-0.05, 0) is 48.5 Å². The number of carbonyl (C=O) groups is 1. The molecule has 0 radical (unpaired) electrons. The topological polar surface area (TPSA) is 79.8 Å². The van der Waals surface area contributed by atoms with E-state index in [9.17, 15) is 4.79 Å². The zero-order chi connectivity index (χ0) is 13.7. The fourth-order valence-electron chi connectivity index (χ4n) is 1.47. The van der Waals surface area contributed by atoms with E-state index in [-0.39, 0.29) is 5.91 Å². The second kappa shape index (κ2) is 5.77. The molecule has 2 aromatic carbocycles. The maximum atomic E-state index is 10.9. The van der Waals surface area contributed by atoms with Crippen LogP contribution in [0, 0.1) is 0 Å². The molecule has 5 heteroatoms. The number of amides is 1. The van der Waals surface area contributed by atoms with Gasteiger partial charge in [-0.2, -0.15) is 10.2 Å². The van der Waals surface area contributed by atoms with Crippen LogP contribution in [0.1, 0.15) is 6.92 Å². The predicted molar refractivity (Wildman–Crippen MR) is 75.8 cm³/mol. The highest BCUT2D eigenvalue weighted by atomic mass is 16.1. The van der Waals surface area contributed by atoms with Gasteiger partial charge in [0.1, 0.15) is 0 Å². The van der Waals surface area contributed by atoms with Gasteiger partial charge in [0.2, 0.25) is 5.91 Å². The first kappa shape index (κ1) is 12.8. The number of rotatable bonds is 3. The fraction of sp³-hybridized carbons (Fsp3) is 0.0714. The molecular weight excluding hydrogens is 240 g/mol. The summed E-state index contributed by atoms with van der Waals surface area (Å²) >= 11 is 0. The minimum atomic E-state index is -0.101. The number of hydrogen-bond donors (Lipinski definition) is 2. The average Bonchev–Trinajstić information content (AvgIpc) is 2.39. The van der Waals surface area contributed by atoms with E-state index in [0.29, 0.717) is 11.4 Å². The first-order valence-corrected chi connectivity index (χ1v) is 5.78. The van der Waals surface area contributed by atoms with Gasteiger partial charge in [-0.15, -0.1) is 0 Å². The summed E-state index contributed by atoms with van der Waals surface area (Å²) in [7, 11) is 0. The number of azo groups is 1. The highest BCUT2D eigenvalue weighted by Crippen LogP contribution is 2.20. The lowest BCUT2D eigenvalue weighted by Gasteiger charge is -2.01. The largest absolute Gasteiger partial charge is 0.399 e. The van der Waals surface area contributed by atoms with Crippen LogP contribution in [0.25, 0.3) is 0 Å². The number of nitrogen functional groups attached to an aromatic ring is 1. The normalized spacial score (nSPS) is 10.6. The first-order chi connectivity index (χ1) is 9.13. The highest BCUT2D eigenvalue weighted by Gasteiger charge is 1.95. The highest BCUT2D eigenvalue weighted by molar-refractivity contribution is 5.88. The molecule has 0 aliphatic rings. The summed E-state index contributed by atoms with van der Waals surface area (Å²) in [5.41, 5.74) is 8.46. The van der Waals surface area contributed by atoms with Crippen LogP contribution in [0.3, 0.4) is 0 Å². The van der Waals surface area contributed by atoms with E-state index in [1.807, 2.05) is 0 Å². The maximum absolute atomic E-state index is 10.9. The van der Waals surface area contributed by atoms with Gasteiger partial charge >= 0.3 is 0 Å². The van der Waals surface area contributed by atoms with Crippen LogP contribution in [-0.2, 0) is 4.79 Å². The molecule has 0 fully saturated rings. The zero-order valence-electron chi connectivity index (χ0n) is 10.5. The van der Waals surface area contributed by atoms with E-state index in [0.717, 1.165) is 11.4 Å². The lowest BCUT2D eigenvalue weighted by Crippen LogP contribution is -2.04. The van der Waals surface area contributed by atoms with Crippen molar-refractivity contribution < 1.29 is 4.79 Å². The molecular formula is C14H14N4O. The summed E-state index contributed by atoms with van der Waals surface area (Å²) in [6.07, 6.45) is 0. The van der Waals surface area contributed by atoms with Crippen molar-refractivity contribution in [3.05, 3.63) is 48.5 Å². The Morgan fingerprint density at radius 3 is 1.89 bits per heavy atom.